The fraction of sp³-hybridized carbons (Fsp3) is 1.00. The van der Waals surface area contributed by atoms with Crippen molar-refractivity contribution in [2.45, 2.75) is 194 Å². The molecule has 0 unspecified atom stereocenters. The van der Waals surface area contributed by atoms with Gasteiger partial charge in [0.15, 0.2) is 0 Å². The Morgan fingerprint density at radius 1 is 0.303 bits per heavy atom. The Kier molecular flexibility index (Phi) is 17.1. The summed E-state index contributed by atoms with van der Waals surface area (Å²) in [6, 6.07) is 0. The minimum Gasteiger partial charge on any atom is -0.0614 e. The summed E-state index contributed by atoms with van der Waals surface area (Å²) in [5.41, 5.74) is 0. The second-order valence-corrected chi connectivity index (χ2v) is 23.8. The summed E-state index contributed by atoms with van der Waals surface area (Å²) in [6.07, 6.45) is 7.88. The first-order valence-electron chi connectivity index (χ1n) is 13.9. The van der Waals surface area contributed by atoms with Crippen molar-refractivity contribution in [3.63, 3.8) is 0 Å². The molecule has 0 aliphatic heterocycles. The van der Waals surface area contributed by atoms with Gasteiger partial charge in [-0.15, -0.1) is 0 Å². The maximum absolute atomic E-state index is 2.50. The Morgan fingerprint density at radius 2 is 0.394 bits per heavy atom. The van der Waals surface area contributed by atoms with Crippen LogP contribution in [0.1, 0.15) is 163 Å². The van der Waals surface area contributed by atoms with Crippen molar-refractivity contribution in [3.8, 4) is 0 Å². The van der Waals surface area contributed by atoms with E-state index in [4.69, 9.17) is 0 Å². The van der Waals surface area contributed by atoms with Gasteiger partial charge in [-0.1, -0.05) is 41.5 Å². The predicted molar refractivity (Wildman–Crippen MR) is 163 cm³/mol. The first kappa shape index (κ1) is 39.0. The van der Waals surface area contributed by atoms with Gasteiger partial charge in [0.05, 0.1) is 30.9 Å². The Labute approximate surface area is 229 Å². The van der Waals surface area contributed by atoms with Gasteiger partial charge in [-0.2, -0.15) is 0 Å². The summed E-state index contributed by atoms with van der Waals surface area (Å²) < 4.78 is 0. The van der Waals surface area contributed by atoms with Crippen molar-refractivity contribution in [2.24, 2.45) is 0 Å². The third-order valence-electron chi connectivity index (χ3n) is 9.36. The van der Waals surface area contributed by atoms with Crippen LogP contribution in [0.15, 0.2) is 0 Å². The molecule has 33 heavy (non-hydrogen) atoms. The molecule has 0 aliphatic carbocycles. The summed E-state index contributed by atoms with van der Waals surface area (Å²) in [5.74, 6) is 0. The van der Waals surface area contributed by atoms with Crippen LogP contribution in [0, 0.1) is 0 Å². The van der Waals surface area contributed by atoms with E-state index in [-0.39, 0.29) is 20.4 Å². The second kappa shape index (κ2) is 14.5. The van der Waals surface area contributed by atoms with Gasteiger partial charge >= 0.3 is 0 Å². The fourth-order valence-corrected chi connectivity index (χ4v) is 19.7. The van der Waals surface area contributed by atoms with Crippen molar-refractivity contribution in [2.75, 3.05) is 0 Å². The molecule has 0 radical (unpaired) electrons. The summed E-state index contributed by atoms with van der Waals surface area (Å²) in [6.45, 7) is 44.1. The Balaban J connectivity index is -0.000000529. The van der Waals surface area contributed by atoms with E-state index >= 15 is 0 Å². The van der Waals surface area contributed by atoms with E-state index in [1.165, 1.54) is 38.5 Å². The molecule has 0 spiro atoms. The molecule has 0 aromatic rings. The Morgan fingerprint density at radius 3 is 0.455 bits per heavy atom. The zero-order valence-corrected chi connectivity index (χ0v) is 30.1. The van der Waals surface area contributed by atoms with Crippen LogP contribution in [0.4, 0.5) is 0 Å². The molecule has 0 aromatic heterocycles. The standard InChI is InChI=1S/2C15H33P.Pd/c2*1-10-13(4,5)16(14(6,7)11-2)15(8,9)12-3;/h2*10-12H2,1-9H3;/p+2. The molecule has 0 saturated carbocycles. The van der Waals surface area contributed by atoms with E-state index in [2.05, 4.69) is 125 Å². The van der Waals surface area contributed by atoms with Crippen LogP contribution < -0.4 is 0 Å². The Bertz CT molecular complexity index is 405. The van der Waals surface area contributed by atoms with Gasteiger partial charge in [0.25, 0.3) is 0 Å². The van der Waals surface area contributed by atoms with E-state index in [1.807, 2.05) is 0 Å². The van der Waals surface area contributed by atoms with Crippen molar-refractivity contribution < 1.29 is 20.4 Å². The SMILES string of the molecule is CCC(C)(C)[PH+](C(C)(C)CC)C(C)(C)CC.CCC(C)(C)[PH+](C(C)(C)CC)C(C)(C)CC.[Pd]. The van der Waals surface area contributed by atoms with Crippen LogP contribution in [0.3, 0.4) is 0 Å². The minimum absolute atomic E-state index is 0. The largest absolute Gasteiger partial charge is 0.0729 e. The normalized spacial score (nSPS) is 14.2. The van der Waals surface area contributed by atoms with Crippen LogP contribution in [0.5, 0.6) is 0 Å². The molecule has 0 heterocycles. The fourth-order valence-electron chi connectivity index (χ4n) is 6.56. The zero-order valence-electron chi connectivity index (χ0n) is 26.6. The van der Waals surface area contributed by atoms with Crippen molar-refractivity contribution in [1.29, 1.82) is 0 Å². The van der Waals surface area contributed by atoms with Crippen LogP contribution in [0.2, 0.25) is 0 Å². The number of rotatable bonds is 12. The van der Waals surface area contributed by atoms with Gasteiger partial charge in [0.1, 0.15) is 0 Å². The third kappa shape index (κ3) is 10.8. The minimum atomic E-state index is -0.426. The second-order valence-electron chi connectivity index (χ2n) is 14.2. The van der Waals surface area contributed by atoms with E-state index in [9.17, 15) is 0 Å². The molecule has 206 valence electrons. The molecular formula is C30H68P2Pd+2. The van der Waals surface area contributed by atoms with E-state index in [0.717, 1.165) is 0 Å². The average Bonchev–Trinajstić information content (AvgIpc) is 2.67. The van der Waals surface area contributed by atoms with Crippen molar-refractivity contribution >= 4 is 15.8 Å². The average molecular weight is 597 g/mol. The first-order valence-corrected chi connectivity index (χ1v) is 16.9. The summed E-state index contributed by atoms with van der Waals surface area (Å²) in [4.78, 5) is 0. The number of hydrogen-bond acceptors (Lipinski definition) is 0. The maximum atomic E-state index is 2.50. The first-order chi connectivity index (χ1) is 14.1. The molecular weight excluding hydrogens is 529 g/mol. The molecule has 0 fully saturated rings. The van der Waals surface area contributed by atoms with Crippen molar-refractivity contribution in [1.82, 2.24) is 0 Å². The molecule has 3 heteroatoms. The van der Waals surface area contributed by atoms with E-state index < -0.39 is 15.8 Å². The van der Waals surface area contributed by atoms with Gasteiger partial charge < -0.3 is 0 Å². The molecule has 0 nitrogen and oxygen atoms in total. The van der Waals surface area contributed by atoms with Gasteiger partial charge in [0, 0.05) is 36.3 Å². The predicted octanol–water partition coefficient (Wildman–Crippen LogP) is 11.5. The van der Waals surface area contributed by atoms with Gasteiger partial charge in [-0.25, -0.2) is 0 Å². The van der Waals surface area contributed by atoms with E-state index in [1.54, 1.807) is 0 Å². The van der Waals surface area contributed by atoms with Crippen LogP contribution in [-0.4, -0.2) is 30.9 Å². The molecule has 0 N–H and O–H groups in total. The zero-order chi connectivity index (χ0) is 26.4. The topological polar surface area (TPSA) is 0 Å². The monoisotopic (exact) mass is 596 g/mol. The molecule has 0 aromatic carbocycles. The summed E-state index contributed by atoms with van der Waals surface area (Å²) >= 11 is 0. The molecule has 0 bridgehead atoms. The van der Waals surface area contributed by atoms with Crippen molar-refractivity contribution in [3.05, 3.63) is 0 Å². The van der Waals surface area contributed by atoms with Gasteiger partial charge in [-0.05, 0) is 122 Å². The summed E-state index contributed by atoms with van der Waals surface area (Å²) in [7, 11) is -0.852. The molecule has 0 saturated heterocycles. The quantitative estimate of drug-likeness (QED) is 0.155. The molecule has 0 rings (SSSR count). The molecule has 0 atom stereocenters. The molecule has 0 amide bonds. The van der Waals surface area contributed by atoms with Gasteiger partial charge in [-0.3, -0.25) is 0 Å². The number of hydrogen-bond donors (Lipinski definition) is 0. The van der Waals surface area contributed by atoms with E-state index in [0.29, 0.717) is 30.9 Å². The third-order valence-corrected chi connectivity index (χ3v) is 19.6. The smallest absolute Gasteiger partial charge is 0.0614 e. The van der Waals surface area contributed by atoms with Crippen LogP contribution >= 0.6 is 15.8 Å². The van der Waals surface area contributed by atoms with Crippen LogP contribution in [0.25, 0.3) is 0 Å². The molecule has 0 aliphatic rings. The Hall–Kier alpha value is 1.52. The summed E-state index contributed by atoms with van der Waals surface area (Å²) in [5, 5.41) is 3.19. The maximum Gasteiger partial charge on any atom is 0.0729 e. The van der Waals surface area contributed by atoms with Crippen LogP contribution in [-0.2, 0) is 20.4 Å². The van der Waals surface area contributed by atoms with Gasteiger partial charge in [0.2, 0.25) is 0 Å².